The molecule has 0 fully saturated rings. The Morgan fingerprint density at radius 2 is 1.81 bits per heavy atom. The number of ether oxygens (including phenoxy) is 2. The summed E-state index contributed by atoms with van der Waals surface area (Å²) >= 11 is 0. The summed E-state index contributed by atoms with van der Waals surface area (Å²) < 4.78 is 10.2. The molecular weight excluding hydrogens is 342 g/mol. The van der Waals surface area contributed by atoms with Gasteiger partial charge >= 0.3 is 5.97 Å². The van der Waals surface area contributed by atoms with E-state index in [1.54, 1.807) is 0 Å². The van der Waals surface area contributed by atoms with E-state index < -0.39 is 6.10 Å². The lowest BCUT2D eigenvalue weighted by molar-refractivity contribution is -0.140. The van der Waals surface area contributed by atoms with Gasteiger partial charge in [-0.25, -0.2) is 0 Å². The number of carbonyl (C=O) groups is 1. The van der Waals surface area contributed by atoms with E-state index in [4.69, 9.17) is 4.74 Å². The molecule has 0 heterocycles. The highest BCUT2D eigenvalue weighted by molar-refractivity contribution is 5.69. The van der Waals surface area contributed by atoms with Crippen LogP contribution in [0, 0.1) is 0 Å². The zero-order valence-electron chi connectivity index (χ0n) is 16.1. The predicted molar refractivity (Wildman–Crippen MR) is 106 cm³/mol. The van der Waals surface area contributed by atoms with E-state index >= 15 is 0 Å². The molecule has 146 valence electrons. The van der Waals surface area contributed by atoms with Gasteiger partial charge in [-0.3, -0.25) is 4.79 Å². The number of rotatable bonds is 11. The molecule has 2 aromatic carbocycles. The largest absolute Gasteiger partial charge is 0.494 e. The van der Waals surface area contributed by atoms with Crippen LogP contribution in [-0.4, -0.2) is 37.4 Å². The molecule has 0 aliphatic carbocycles. The highest BCUT2D eigenvalue weighted by Gasteiger charge is 2.09. The SMILES string of the molecule is COC(=O)CCCOc1ccc(CC(C)NCC(O)c2ccccc2)cc1. The van der Waals surface area contributed by atoms with Crippen molar-refractivity contribution in [3.05, 3.63) is 65.7 Å². The summed E-state index contributed by atoms with van der Waals surface area (Å²) in [5, 5.41) is 13.6. The fourth-order valence-corrected chi connectivity index (χ4v) is 2.76. The van der Waals surface area contributed by atoms with Crippen molar-refractivity contribution in [2.45, 2.75) is 38.3 Å². The average Bonchev–Trinajstić information content (AvgIpc) is 2.71. The first-order valence-corrected chi connectivity index (χ1v) is 9.33. The Balaban J connectivity index is 1.69. The molecule has 0 radical (unpaired) electrons. The minimum Gasteiger partial charge on any atom is -0.494 e. The first-order chi connectivity index (χ1) is 13.1. The van der Waals surface area contributed by atoms with Gasteiger partial charge in [0.25, 0.3) is 0 Å². The van der Waals surface area contributed by atoms with Gasteiger partial charge in [0.1, 0.15) is 5.75 Å². The Bertz CT molecular complexity index is 672. The van der Waals surface area contributed by atoms with Crippen LogP contribution in [0.2, 0.25) is 0 Å². The molecule has 0 spiro atoms. The van der Waals surface area contributed by atoms with Crippen molar-refractivity contribution in [1.82, 2.24) is 5.32 Å². The third kappa shape index (κ3) is 7.81. The van der Waals surface area contributed by atoms with E-state index in [0.717, 1.165) is 17.7 Å². The molecule has 0 aliphatic rings. The Morgan fingerprint density at radius 3 is 2.48 bits per heavy atom. The lowest BCUT2D eigenvalue weighted by Gasteiger charge is -2.17. The standard InChI is InChI=1S/C22H29NO4/c1-17(23-16-21(24)19-7-4-3-5-8-19)15-18-10-12-20(13-11-18)27-14-6-9-22(25)26-2/h3-5,7-8,10-13,17,21,23-24H,6,9,14-16H2,1-2H3. The van der Waals surface area contributed by atoms with Crippen LogP contribution in [0.3, 0.4) is 0 Å². The second-order valence-corrected chi connectivity index (χ2v) is 6.61. The number of aliphatic hydroxyl groups excluding tert-OH is 1. The number of benzene rings is 2. The van der Waals surface area contributed by atoms with Crippen LogP contribution in [0.15, 0.2) is 54.6 Å². The van der Waals surface area contributed by atoms with E-state index in [9.17, 15) is 9.90 Å². The zero-order chi connectivity index (χ0) is 19.5. The molecule has 2 rings (SSSR count). The van der Waals surface area contributed by atoms with Gasteiger partial charge in [-0.2, -0.15) is 0 Å². The quantitative estimate of drug-likeness (QED) is 0.469. The van der Waals surface area contributed by atoms with Gasteiger partial charge in [0.2, 0.25) is 0 Å². The number of aliphatic hydroxyl groups is 1. The lowest BCUT2D eigenvalue weighted by Crippen LogP contribution is -2.32. The van der Waals surface area contributed by atoms with Gasteiger partial charge in [-0.15, -0.1) is 0 Å². The predicted octanol–water partition coefficient (Wildman–Crippen LogP) is 3.27. The van der Waals surface area contributed by atoms with Crippen LogP contribution in [0.5, 0.6) is 5.75 Å². The molecule has 5 nitrogen and oxygen atoms in total. The number of hydrogen-bond donors (Lipinski definition) is 2. The molecule has 0 aromatic heterocycles. The first-order valence-electron chi connectivity index (χ1n) is 9.33. The van der Waals surface area contributed by atoms with Gasteiger partial charge in [0, 0.05) is 19.0 Å². The van der Waals surface area contributed by atoms with E-state index in [2.05, 4.69) is 17.0 Å². The van der Waals surface area contributed by atoms with Gasteiger partial charge in [0.15, 0.2) is 0 Å². The summed E-state index contributed by atoms with van der Waals surface area (Å²) in [7, 11) is 1.39. The monoisotopic (exact) mass is 371 g/mol. The molecule has 0 saturated carbocycles. The van der Waals surface area contributed by atoms with Crippen molar-refractivity contribution in [1.29, 1.82) is 0 Å². The maximum Gasteiger partial charge on any atom is 0.305 e. The Labute approximate surface area is 161 Å². The summed E-state index contributed by atoms with van der Waals surface area (Å²) in [5.41, 5.74) is 2.12. The Hall–Kier alpha value is -2.37. The Kier molecular flexibility index (Phi) is 8.81. The summed E-state index contributed by atoms with van der Waals surface area (Å²) in [6.45, 7) is 3.12. The fraction of sp³-hybridized carbons (Fsp3) is 0.409. The van der Waals surface area contributed by atoms with Gasteiger partial charge < -0.3 is 19.9 Å². The molecule has 2 N–H and O–H groups in total. The summed E-state index contributed by atoms with van der Waals surface area (Å²) in [6.07, 6.45) is 1.37. The lowest BCUT2D eigenvalue weighted by atomic mass is 10.1. The van der Waals surface area contributed by atoms with E-state index in [0.29, 0.717) is 26.0 Å². The molecule has 0 aliphatic heterocycles. The van der Waals surface area contributed by atoms with Crippen molar-refractivity contribution in [3.8, 4) is 5.75 Å². The number of esters is 1. The topological polar surface area (TPSA) is 67.8 Å². The van der Waals surface area contributed by atoms with E-state index in [1.807, 2.05) is 54.6 Å². The van der Waals surface area contributed by atoms with Gasteiger partial charge in [-0.05, 0) is 43.0 Å². The molecule has 0 amide bonds. The first kappa shape index (κ1) is 20.9. The zero-order valence-corrected chi connectivity index (χ0v) is 16.1. The van der Waals surface area contributed by atoms with Crippen molar-refractivity contribution in [2.24, 2.45) is 0 Å². The summed E-state index contributed by atoms with van der Waals surface area (Å²) in [6, 6.07) is 17.9. The van der Waals surface area contributed by atoms with Gasteiger partial charge in [-0.1, -0.05) is 42.5 Å². The normalized spacial score (nSPS) is 13.0. The van der Waals surface area contributed by atoms with E-state index in [1.165, 1.54) is 12.7 Å². The maximum absolute atomic E-state index is 11.0. The number of hydrogen-bond acceptors (Lipinski definition) is 5. The smallest absolute Gasteiger partial charge is 0.305 e. The molecule has 2 atom stereocenters. The molecular formula is C22H29NO4. The third-order valence-corrected chi connectivity index (χ3v) is 4.33. The number of carbonyl (C=O) groups excluding carboxylic acids is 1. The Morgan fingerprint density at radius 1 is 1.11 bits per heavy atom. The van der Waals surface area contributed by atoms with E-state index in [-0.39, 0.29) is 12.0 Å². The average molecular weight is 371 g/mol. The molecule has 0 bridgehead atoms. The molecule has 2 aromatic rings. The van der Waals surface area contributed by atoms with Crippen LogP contribution < -0.4 is 10.1 Å². The number of methoxy groups -OCH3 is 1. The van der Waals surface area contributed by atoms with Crippen LogP contribution in [0.4, 0.5) is 0 Å². The number of nitrogens with one attached hydrogen (secondary N) is 1. The maximum atomic E-state index is 11.0. The molecule has 2 unspecified atom stereocenters. The van der Waals surface area contributed by atoms with Crippen LogP contribution in [0.25, 0.3) is 0 Å². The van der Waals surface area contributed by atoms with Crippen molar-refractivity contribution in [3.63, 3.8) is 0 Å². The van der Waals surface area contributed by atoms with Crippen molar-refractivity contribution in [2.75, 3.05) is 20.3 Å². The summed E-state index contributed by atoms with van der Waals surface area (Å²) in [5.74, 6) is 0.580. The van der Waals surface area contributed by atoms with Crippen LogP contribution >= 0.6 is 0 Å². The fourth-order valence-electron chi connectivity index (χ4n) is 2.76. The molecule has 27 heavy (non-hydrogen) atoms. The van der Waals surface area contributed by atoms with Crippen molar-refractivity contribution < 1.29 is 19.4 Å². The minimum absolute atomic E-state index is 0.215. The molecule has 5 heteroatoms. The van der Waals surface area contributed by atoms with Crippen LogP contribution in [0.1, 0.15) is 37.0 Å². The summed E-state index contributed by atoms with van der Waals surface area (Å²) in [4.78, 5) is 11.0. The minimum atomic E-state index is -0.505. The van der Waals surface area contributed by atoms with Crippen molar-refractivity contribution >= 4 is 5.97 Å². The third-order valence-electron chi connectivity index (χ3n) is 4.33. The van der Waals surface area contributed by atoms with Gasteiger partial charge in [0.05, 0.1) is 19.8 Å². The second-order valence-electron chi connectivity index (χ2n) is 6.61. The van der Waals surface area contributed by atoms with Crippen LogP contribution in [-0.2, 0) is 16.0 Å². The highest BCUT2D eigenvalue weighted by Crippen LogP contribution is 2.15. The second kappa shape index (κ2) is 11.4. The highest BCUT2D eigenvalue weighted by atomic mass is 16.5. The molecule has 0 saturated heterocycles.